The Morgan fingerprint density at radius 3 is 0.802 bits per heavy atom. The molecule has 0 radical (unpaired) electrons. The zero-order valence-corrected chi connectivity index (χ0v) is 82.8. The lowest BCUT2D eigenvalue weighted by molar-refractivity contribution is -0.120. The lowest BCUT2D eigenvalue weighted by Gasteiger charge is -2.23. The van der Waals surface area contributed by atoms with Crippen molar-refractivity contribution in [2.75, 3.05) is 220 Å². The minimum atomic E-state index is -0.0921. The summed E-state index contributed by atoms with van der Waals surface area (Å²) in [6, 6.07) is 61.8. The number of rotatable bonds is 55. The molecule has 2 aliphatic heterocycles. The van der Waals surface area contributed by atoms with Gasteiger partial charge in [-0.05, 0) is 247 Å². The molecule has 10 rings (SSSR count). The van der Waals surface area contributed by atoms with Crippen molar-refractivity contribution in [2.45, 2.75) is 123 Å². The quantitative estimate of drug-likeness (QED) is 0.0261. The Balaban J connectivity index is 0.000000239. The van der Waals surface area contributed by atoms with Gasteiger partial charge in [0.05, 0.1) is 32.2 Å². The fourth-order valence-electron chi connectivity index (χ4n) is 15.5. The van der Waals surface area contributed by atoms with Crippen LogP contribution < -0.4 is 40.9 Å². The van der Waals surface area contributed by atoms with Gasteiger partial charge in [0.1, 0.15) is 17.3 Å². The molecule has 0 atom stereocenters. The van der Waals surface area contributed by atoms with E-state index in [1.54, 1.807) is 0 Å². The molecule has 0 aromatic heterocycles. The molecule has 710 valence electrons. The molecule has 2 heterocycles. The van der Waals surface area contributed by atoms with E-state index >= 15 is 0 Å². The van der Waals surface area contributed by atoms with Crippen molar-refractivity contribution in [1.29, 1.82) is 0 Å². The number of carbonyl (C=O) groups is 8. The van der Waals surface area contributed by atoms with Crippen LogP contribution in [0.5, 0.6) is 0 Å². The van der Waals surface area contributed by atoms with E-state index < -0.39 is 0 Å². The Labute approximate surface area is 818 Å². The highest BCUT2D eigenvalue weighted by atomic mass is 35.5. The van der Waals surface area contributed by atoms with Crippen LogP contribution >= 0.6 is 92.8 Å². The molecule has 8 aromatic rings. The van der Waals surface area contributed by atoms with Gasteiger partial charge < -0.3 is 55.6 Å². The summed E-state index contributed by atoms with van der Waals surface area (Å²) in [6.45, 7) is 19.6. The highest BCUT2D eigenvalue weighted by Gasteiger charge is 2.20. The summed E-state index contributed by atoms with van der Waals surface area (Å²) in [4.78, 5) is 117. The van der Waals surface area contributed by atoms with Gasteiger partial charge in [-0.1, -0.05) is 111 Å². The van der Waals surface area contributed by atoms with Gasteiger partial charge in [-0.3, -0.25) is 43.3 Å². The van der Waals surface area contributed by atoms with E-state index in [9.17, 15) is 38.4 Å². The molecule has 2 saturated heterocycles. The summed E-state index contributed by atoms with van der Waals surface area (Å²) >= 11 is 47.0. The highest BCUT2D eigenvalue weighted by Crippen LogP contribution is 2.25. The second-order valence-corrected chi connectivity index (χ2v) is 36.0. The molecule has 2 aliphatic rings. The number of likely N-dealkylation sites (tertiary alicyclic amines) is 2. The van der Waals surface area contributed by atoms with Crippen molar-refractivity contribution in [3.05, 3.63) is 239 Å². The second-order valence-electron chi connectivity index (χ2n) is 33.0. The first-order valence-electron chi connectivity index (χ1n) is 45.8. The molecule has 8 aromatic carbocycles. The molecule has 4 N–H and O–H groups in total. The molecule has 28 heteroatoms. The number of nitrogens with one attached hydrogen (secondary N) is 4. The van der Waals surface area contributed by atoms with Crippen LogP contribution in [0.1, 0.15) is 116 Å². The first kappa shape index (κ1) is 110. The number of carbonyl (C=O) groups excluding carboxylic acids is 8. The third-order valence-electron chi connectivity index (χ3n) is 22.3. The van der Waals surface area contributed by atoms with Crippen LogP contribution in [-0.4, -0.2) is 245 Å². The number of ketones is 4. The third kappa shape index (κ3) is 44.2. The van der Waals surface area contributed by atoms with Crippen molar-refractivity contribution >= 4 is 185 Å². The van der Waals surface area contributed by atoms with Gasteiger partial charge in [-0.2, -0.15) is 0 Å². The van der Waals surface area contributed by atoms with Crippen molar-refractivity contribution in [2.24, 2.45) is 0 Å². The monoisotopic (exact) mass is 1950 g/mol. The SMILES string of the molecule is CCN(CC)CCCC(=O)Cc1cccc(NC(=O)Cc2ccc(N(CCCl)CCCl)cc2)c1.CN(C)CCCC(=O)Cc1cccc(NC(=O)Cc2ccc(N(CCCl)CCCl)cc2)c1.O=C(CCN1CCCC1)Cc1cccc(NC(=O)Cc2ccc(N(CCCl)CCCl)cc2)c1.O=C(Cc1cccc(NC(=O)Cc2ccc(N(CCCl)CCCl)cc2)c1)CN1CCCC1. The first-order chi connectivity index (χ1) is 63.5. The normalized spacial score (nSPS) is 12.4. The number of amides is 4. The molecule has 0 bridgehead atoms. The number of hydrogen-bond donors (Lipinski definition) is 4. The van der Waals surface area contributed by atoms with Crippen molar-refractivity contribution in [3.63, 3.8) is 0 Å². The summed E-state index contributed by atoms with van der Waals surface area (Å²) in [5, 5.41) is 11.8. The van der Waals surface area contributed by atoms with Crippen LogP contribution in [0.15, 0.2) is 194 Å². The zero-order valence-electron chi connectivity index (χ0n) is 76.7. The van der Waals surface area contributed by atoms with Gasteiger partial charge in [0.25, 0.3) is 0 Å². The molecule has 20 nitrogen and oxygen atoms in total. The van der Waals surface area contributed by atoms with E-state index in [1.807, 2.05) is 208 Å². The second kappa shape index (κ2) is 63.8. The molecule has 4 amide bonds. The molecule has 2 fully saturated rings. The predicted octanol–water partition coefficient (Wildman–Crippen LogP) is 19.1. The molecule has 0 unspecified atom stereocenters. The Hall–Kier alpha value is -8.32. The van der Waals surface area contributed by atoms with E-state index in [0.29, 0.717) is 116 Å². The maximum Gasteiger partial charge on any atom is 0.228 e. The molecule has 0 aliphatic carbocycles. The van der Waals surface area contributed by atoms with Crippen molar-refractivity contribution < 1.29 is 38.4 Å². The zero-order chi connectivity index (χ0) is 94.3. The summed E-state index contributed by atoms with van der Waals surface area (Å²) in [5.41, 5.74) is 14.4. The van der Waals surface area contributed by atoms with Gasteiger partial charge in [0, 0.05) is 196 Å². The van der Waals surface area contributed by atoms with Crippen LogP contribution in [0.4, 0.5) is 45.5 Å². The number of anilines is 8. The van der Waals surface area contributed by atoms with Crippen LogP contribution in [0, 0.1) is 0 Å². The lowest BCUT2D eigenvalue weighted by atomic mass is 10.0. The summed E-state index contributed by atoms with van der Waals surface area (Å²) < 4.78 is 0. The summed E-state index contributed by atoms with van der Waals surface area (Å²) in [5.74, 6) is 4.79. The number of benzene rings is 8. The lowest BCUT2D eigenvalue weighted by Crippen LogP contribution is -2.27. The third-order valence-corrected chi connectivity index (χ3v) is 23.7. The maximum atomic E-state index is 12.6. The largest absolute Gasteiger partial charge is 0.369 e. The molecular weight excluding hydrogens is 1820 g/mol. The van der Waals surface area contributed by atoms with E-state index in [-0.39, 0.29) is 72.4 Å². The standard InChI is InChI=1S/C27H37Cl2N3O2.C26H33Cl2N3O2.C25H31Cl2N3O2.C25H33Cl2N3O2/c1-3-31(4-2)16-6-9-26(33)20-23-7-5-8-24(19-23)30-27(34)21-22-10-12-25(13-11-22)32(17-14-28)18-15-29;27-11-16-31(17-12-28)24-8-6-21(7-9-24)20-26(33)29-23-5-3-4-22(18-23)19-25(32)10-15-30-13-1-2-14-30;26-10-14-30(15-11-27)23-8-6-20(7-9-23)18-25(32)28-22-5-3-4-21(16-22)17-24(31)19-29-12-1-2-13-29;1-29(2)14-4-7-24(31)18-21-5-3-6-22(17-21)28-25(32)19-20-8-10-23(11-9-20)30(15-12-26)16-13-27/h5,7-8,10-13,19H,3-4,6,9,14-18,20-21H2,1-2H3,(H,30,34);3-9,18H,1-2,10-17,19-20H2,(H,29,33);3-9,16H,1-2,10-15,17-19H2,(H,28,32);3,5-6,8-11,17H,4,7,12-16,18-19H2,1-2H3,(H,28,32). The fraction of sp³-hybridized carbons (Fsp3) is 0.456. The van der Waals surface area contributed by atoms with Crippen molar-refractivity contribution in [1.82, 2.24) is 19.6 Å². The van der Waals surface area contributed by atoms with Gasteiger partial charge in [0.2, 0.25) is 23.6 Å². The molecule has 0 spiro atoms. The Morgan fingerprint density at radius 1 is 0.290 bits per heavy atom. The van der Waals surface area contributed by atoms with E-state index in [4.69, 9.17) is 92.8 Å². The number of alkyl halides is 8. The number of nitrogens with zero attached hydrogens (tertiary/aromatic N) is 8. The van der Waals surface area contributed by atoms with E-state index in [2.05, 4.69) is 74.3 Å². The van der Waals surface area contributed by atoms with Crippen LogP contribution in [0.2, 0.25) is 0 Å². The molecule has 131 heavy (non-hydrogen) atoms. The maximum absolute atomic E-state index is 12.6. The first-order valence-corrected chi connectivity index (χ1v) is 50.1. The minimum Gasteiger partial charge on any atom is -0.369 e. The molecule has 0 saturated carbocycles. The highest BCUT2D eigenvalue weighted by molar-refractivity contribution is 6.20. The van der Waals surface area contributed by atoms with E-state index in [1.165, 1.54) is 25.7 Å². The Morgan fingerprint density at radius 2 is 0.542 bits per heavy atom. The van der Waals surface area contributed by atoms with Gasteiger partial charge in [-0.15, -0.1) is 92.8 Å². The number of halogens is 8. The van der Waals surface area contributed by atoms with Gasteiger partial charge in [-0.25, -0.2) is 0 Å². The van der Waals surface area contributed by atoms with Crippen LogP contribution in [0.25, 0.3) is 0 Å². The molecular formula is C103H134Cl8N12O8. The topological polar surface area (TPSA) is 211 Å². The van der Waals surface area contributed by atoms with Gasteiger partial charge >= 0.3 is 0 Å². The average Bonchev–Trinajstić information content (AvgIpc) is 1.13. The van der Waals surface area contributed by atoms with Gasteiger partial charge in [0.15, 0.2) is 5.78 Å². The minimum absolute atomic E-state index is 0.0846. The summed E-state index contributed by atoms with van der Waals surface area (Å²) in [7, 11) is 4.01. The average molecular weight is 1950 g/mol. The Kier molecular flexibility index (Phi) is 53.4. The van der Waals surface area contributed by atoms with E-state index in [0.717, 1.165) is 197 Å². The van der Waals surface area contributed by atoms with Crippen molar-refractivity contribution in [3.8, 4) is 0 Å². The summed E-state index contributed by atoms with van der Waals surface area (Å²) in [6.07, 6.45) is 11.0. The number of Topliss-reactive ketones (excluding diaryl/α,β-unsaturated/α-hetero) is 4. The van der Waals surface area contributed by atoms with Crippen LogP contribution in [0.3, 0.4) is 0 Å². The smallest absolute Gasteiger partial charge is 0.228 e. The fourth-order valence-corrected chi connectivity index (χ4v) is 17.2. The van der Waals surface area contributed by atoms with Crippen LogP contribution in [-0.2, 0) is 89.7 Å². The number of hydrogen-bond acceptors (Lipinski definition) is 16. The predicted molar refractivity (Wildman–Crippen MR) is 551 cm³/mol. The Bertz CT molecular complexity index is 4670.